The van der Waals surface area contributed by atoms with Crippen molar-refractivity contribution in [3.05, 3.63) is 23.7 Å². The van der Waals surface area contributed by atoms with Crippen molar-refractivity contribution in [2.45, 2.75) is 32.7 Å². The van der Waals surface area contributed by atoms with E-state index < -0.39 is 5.97 Å². The summed E-state index contributed by atoms with van der Waals surface area (Å²) in [6.07, 6.45) is 2.28. The number of carboxylic acids is 1. The fourth-order valence-electron chi connectivity index (χ4n) is 1.51. The fourth-order valence-corrected chi connectivity index (χ4v) is 1.51. The molecule has 0 saturated carbocycles. The number of nitrogens with zero attached hydrogens (tertiary/aromatic N) is 1. The zero-order valence-corrected chi connectivity index (χ0v) is 10.1. The van der Waals surface area contributed by atoms with E-state index in [0.29, 0.717) is 5.76 Å². The normalized spacial score (nSPS) is 13.0. The molecule has 0 aliphatic heterocycles. The fraction of sp³-hybridized carbons (Fsp3) is 0.583. The molecule has 1 N–H and O–H groups in total. The maximum atomic E-state index is 10.7. The molecule has 1 aromatic heterocycles. The van der Waals surface area contributed by atoms with Gasteiger partial charge in [0, 0.05) is 0 Å². The number of unbranched alkanes of at least 4 members (excludes halogenated alkanes) is 1. The molecule has 0 spiro atoms. The Kier molecular flexibility index (Phi) is 4.55. The van der Waals surface area contributed by atoms with Crippen LogP contribution < -0.4 is 0 Å². The van der Waals surface area contributed by atoms with Gasteiger partial charge in [0.25, 0.3) is 0 Å². The van der Waals surface area contributed by atoms with Gasteiger partial charge in [0.05, 0.1) is 6.04 Å². The lowest BCUT2D eigenvalue weighted by Crippen LogP contribution is -2.23. The number of furan rings is 1. The molecular formula is C12H19NO3. The van der Waals surface area contributed by atoms with E-state index in [-0.39, 0.29) is 11.8 Å². The molecule has 90 valence electrons. The van der Waals surface area contributed by atoms with Crippen LogP contribution in [0.5, 0.6) is 0 Å². The highest BCUT2D eigenvalue weighted by molar-refractivity contribution is 5.84. The minimum Gasteiger partial charge on any atom is -0.475 e. The molecule has 0 radical (unpaired) electrons. The van der Waals surface area contributed by atoms with E-state index >= 15 is 0 Å². The summed E-state index contributed by atoms with van der Waals surface area (Å²) in [7, 11) is 2.02. The molecule has 4 nitrogen and oxygen atoms in total. The van der Waals surface area contributed by atoms with E-state index in [0.717, 1.165) is 19.4 Å². The molecule has 0 aliphatic carbocycles. The van der Waals surface area contributed by atoms with E-state index in [4.69, 9.17) is 9.52 Å². The van der Waals surface area contributed by atoms with E-state index in [1.165, 1.54) is 6.07 Å². The molecule has 1 unspecified atom stereocenters. The number of carbonyl (C=O) groups is 1. The lowest BCUT2D eigenvalue weighted by atomic mass is 10.2. The Bertz CT molecular complexity index is 346. The van der Waals surface area contributed by atoms with Crippen molar-refractivity contribution in [3.63, 3.8) is 0 Å². The largest absolute Gasteiger partial charge is 0.475 e. The minimum absolute atomic E-state index is 0.00532. The van der Waals surface area contributed by atoms with Gasteiger partial charge in [-0.1, -0.05) is 13.3 Å². The Morgan fingerprint density at radius 3 is 2.75 bits per heavy atom. The molecule has 1 heterocycles. The molecule has 1 rings (SSSR count). The van der Waals surface area contributed by atoms with Crippen molar-refractivity contribution in [3.8, 4) is 0 Å². The van der Waals surface area contributed by atoms with E-state index in [1.54, 1.807) is 6.07 Å². The number of hydrogen-bond donors (Lipinski definition) is 1. The maximum Gasteiger partial charge on any atom is 0.371 e. The summed E-state index contributed by atoms with van der Waals surface area (Å²) < 4.78 is 5.27. The Balaban J connectivity index is 2.64. The van der Waals surface area contributed by atoms with Gasteiger partial charge in [-0.3, -0.25) is 4.90 Å². The van der Waals surface area contributed by atoms with Crippen LogP contribution in [0.2, 0.25) is 0 Å². The standard InChI is InChI=1S/C12H19NO3/c1-4-5-8-13(3)9(2)10-6-7-11(16-10)12(14)15/h6-7,9H,4-5,8H2,1-3H3,(H,14,15). The van der Waals surface area contributed by atoms with Crippen LogP contribution in [0.3, 0.4) is 0 Å². The highest BCUT2D eigenvalue weighted by Gasteiger charge is 2.17. The second kappa shape index (κ2) is 5.70. The maximum absolute atomic E-state index is 10.7. The van der Waals surface area contributed by atoms with Gasteiger partial charge < -0.3 is 9.52 Å². The van der Waals surface area contributed by atoms with Crippen LogP contribution in [0.25, 0.3) is 0 Å². The Morgan fingerprint density at radius 1 is 1.56 bits per heavy atom. The molecule has 0 amide bonds. The average molecular weight is 225 g/mol. The van der Waals surface area contributed by atoms with E-state index in [9.17, 15) is 4.79 Å². The minimum atomic E-state index is -1.02. The summed E-state index contributed by atoms with van der Waals surface area (Å²) in [5.74, 6) is -0.309. The van der Waals surface area contributed by atoms with E-state index in [1.807, 2.05) is 14.0 Å². The first-order valence-corrected chi connectivity index (χ1v) is 5.59. The van der Waals surface area contributed by atoms with Gasteiger partial charge in [-0.15, -0.1) is 0 Å². The molecule has 1 aromatic rings. The van der Waals surface area contributed by atoms with E-state index in [2.05, 4.69) is 11.8 Å². The zero-order chi connectivity index (χ0) is 12.1. The second-order valence-electron chi connectivity index (χ2n) is 4.02. The third-order valence-electron chi connectivity index (χ3n) is 2.77. The van der Waals surface area contributed by atoms with Crippen molar-refractivity contribution < 1.29 is 14.3 Å². The topological polar surface area (TPSA) is 53.7 Å². The molecule has 0 fully saturated rings. The van der Waals surface area contributed by atoms with Crippen molar-refractivity contribution in [2.24, 2.45) is 0 Å². The highest BCUT2D eigenvalue weighted by atomic mass is 16.4. The summed E-state index contributed by atoms with van der Waals surface area (Å²) in [4.78, 5) is 12.8. The molecule has 0 aliphatic rings. The van der Waals surface area contributed by atoms with Crippen LogP contribution in [0.1, 0.15) is 49.0 Å². The number of aromatic carboxylic acids is 1. The Morgan fingerprint density at radius 2 is 2.25 bits per heavy atom. The molecule has 16 heavy (non-hydrogen) atoms. The Hall–Kier alpha value is -1.29. The predicted octanol–water partition coefficient (Wildman–Crippen LogP) is 2.77. The molecule has 0 saturated heterocycles. The first-order chi connectivity index (χ1) is 7.56. The SMILES string of the molecule is CCCCN(C)C(C)c1ccc(C(=O)O)o1. The van der Waals surface area contributed by atoms with Gasteiger partial charge in [-0.05, 0) is 39.1 Å². The Labute approximate surface area is 95.9 Å². The third-order valence-corrected chi connectivity index (χ3v) is 2.77. The van der Waals surface area contributed by atoms with Crippen molar-refractivity contribution >= 4 is 5.97 Å². The average Bonchev–Trinajstić information content (AvgIpc) is 2.74. The van der Waals surface area contributed by atoms with Gasteiger partial charge >= 0.3 is 5.97 Å². The number of rotatable bonds is 6. The van der Waals surface area contributed by atoms with Crippen LogP contribution in [-0.2, 0) is 0 Å². The van der Waals surface area contributed by atoms with Crippen molar-refractivity contribution in [2.75, 3.05) is 13.6 Å². The number of carboxylic acid groups (broad SMARTS) is 1. The van der Waals surface area contributed by atoms with Crippen molar-refractivity contribution in [1.29, 1.82) is 0 Å². The van der Waals surface area contributed by atoms with Crippen LogP contribution in [0, 0.1) is 0 Å². The van der Waals surface area contributed by atoms with Crippen molar-refractivity contribution in [1.82, 2.24) is 4.90 Å². The van der Waals surface area contributed by atoms with Gasteiger partial charge in [0.15, 0.2) is 0 Å². The summed E-state index contributed by atoms with van der Waals surface area (Å²) in [5, 5.41) is 8.75. The predicted molar refractivity (Wildman–Crippen MR) is 61.6 cm³/mol. The molecular weight excluding hydrogens is 206 g/mol. The lowest BCUT2D eigenvalue weighted by Gasteiger charge is -2.22. The summed E-state index contributed by atoms with van der Waals surface area (Å²) in [5.41, 5.74) is 0. The summed E-state index contributed by atoms with van der Waals surface area (Å²) in [6, 6.07) is 3.35. The first kappa shape index (κ1) is 12.8. The third kappa shape index (κ3) is 3.10. The summed E-state index contributed by atoms with van der Waals surface area (Å²) in [6.45, 7) is 5.15. The molecule has 0 bridgehead atoms. The molecule has 0 aromatic carbocycles. The van der Waals surface area contributed by atoms with Gasteiger partial charge in [-0.2, -0.15) is 0 Å². The first-order valence-electron chi connectivity index (χ1n) is 5.59. The van der Waals surface area contributed by atoms with Gasteiger partial charge in [-0.25, -0.2) is 4.79 Å². The molecule has 4 heteroatoms. The lowest BCUT2D eigenvalue weighted by molar-refractivity contribution is 0.0657. The van der Waals surface area contributed by atoms with Crippen LogP contribution >= 0.6 is 0 Å². The quantitative estimate of drug-likeness (QED) is 0.808. The zero-order valence-electron chi connectivity index (χ0n) is 10.1. The van der Waals surface area contributed by atoms with Gasteiger partial charge in [0.2, 0.25) is 5.76 Å². The second-order valence-corrected chi connectivity index (χ2v) is 4.02. The summed E-state index contributed by atoms with van der Waals surface area (Å²) >= 11 is 0. The van der Waals surface area contributed by atoms with Crippen LogP contribution in [0.4, 0.5) is 0 Å². The highest BCUT2D eigenvalue weighted by Crippen LogP contribution is 2.21. The van der Waals surface area contributed by atoms with Crippen LogP contribution in [-0.4, -0.2) is 29.6 Å². The number of hydrogen-bond acceptors (Lipinski definition) is 3. The van der Waals surface area contributed by atoms with Gasteiger partial charge in [0.1, 0.15) is 5.76 Å². The molecule has 1 atom stereocenters. The van der Waals surface area contributed by atoms with Crippen LogP contribution in [0.15, 0.2) is 16.5 Å². The monoisotopic (exact) mass is 225 g/mol. The smallest absolute Gasteiger partial charge is 0.371 e.